The van der Waals surface area contributed by atoms with Gasteiger partial charge in [-0.2, -0.15) is 10.2 Å². The smallest absolute Gasteiger partial charge is 0.0568 e. The maximum atomic E-state index is 4.22. The van der Waals surface area contributed by atoms with Crippen LogP contribution in [0.1, 0.15) is 87.0 Å². The topological polar surface area (TPSA) is 24.7 Å². The molecule has 28 heavy (non-hydrogen) atoms. The molecule has 0 aliphatic heterocycles. The van der Waals surface area contributed by atoms with Crippen molar-refractivity contribution in [2.45, 2.75) is 71.1 Å². The molecule has 2 aromatic carbocycles. The van der Waals surface area contributed by atoms with Gasteiger partial charge in [0.2, 0.25) is 0 Å². The zero-order valence-electron chi connectivity index (χ0n) is 17.5. The van der Waals surface area contributed by atoms with Crippen molar-refractivity contribution < 1.29 is 0 Å². The molecule has 0 radical (unpaired) electrons. The fraction of sp³-hybridized carbons (Fsp3) is 0.462. The average Bonchev–Trinajstić information content (AvgIpc) is 2.73. The van der Waals surface area contributed by atoms with E-state index >= 15 is 0 Å². The van der Waals surface area contributed by atoms with Gasteiger partial charge < -0.3 is 0 Å². The van der Waals surface area contributed by atoms with E-state index in [-0.39, 0.29) is 0 Å². The molecule has 1 aliphatic carbocycles. The number of hydrogen-bond acceptors (Lipinski definition) is 2. The summed E-state index contributed by atoms with van der Waals surface area (Å²) >= 11 is 0. The molecule has 2 nitrogen and oxygen atoms in total. The highest BCUT2D eigenvalue weighted by atomic mass is 15.2. The van der Waals surface area contributed by atoms with Crippen LogP contribution in [0.3, 0.4) is 0 Å². The number of benzene rings is 2. The molecule has 0 heterocycles. The van der Waals surface area contributed by atoms with E-state index in [2.05, 4.69) is 72.6 Å². The molecule has 0 unspecified atom stereocenters. The normalized spacial score (nSPS) is 20.2. The van der Waals surface area contributed by atoms with E-state index < -0.39 is 0 Å². The van der Waals surface area contributed by atoms with Gasteiger partial charge in [0, 0.05) is 0 Å². The monoisotopic (exact) mass is 374 g/mol. The third-order valence-corrected chi connectivity index (χ3v) is 5.95. The van der Waals surface area contributed by atoms with E-state index in [0.29, 0.717) is 0 Å². The second kappa shape index (κ2) is 10.9. The van der Waals surface area contributed by atoms with E-state index in [0.717, 1.165) is 23.0 Å². The predicted octanol–water partition coefficient (Wildman–Crippen LogP) is 7.17. The van der Waals surface area contributed by atoms with Crippen molar-refractivity contribution in [3.63, 3.8) is 0 Å². The Balaban J connectivity index is 1.48. The first-order chi connectivity index (χ1) is 13.7. The lowest BCUT2D eigenvalue weighted by Crippen LogP contribution is -2.10. The zero-order valence-corrected chi connectivity index (χ0v) is 17.5. The van der Waals surface area contributed by atoms with Crippen LogP contribution in [0.25, 0.3) is 0 Å². The summed E-state index contributed by atoms with van der Waals surface area (Å²) in [6.07, 6.45) is 14.1. The SMILES string of the molecule is CCCCCc1ccc(C=NN=Cc2ccc(C3CCC(C)CC3)cc2)cc1. The summed E-state index contributed by atoms with van der Waals surface area (Å²) in [6, 6.07) is 17.5. The Bertz CT molecular complexity index is 748. The molecular weight excluding hydrogens is 340 g/mol. The zero-order chi connectivity index (χ0) is 19.6. The Morgan fingerprint density at radius 1 is 0.786 bits per heavy atom. The van der Waals surface area contributed by atoms with Crippen LogP contribution in [-0.4, -0.2) is 12.4 Å². The summed E-state index contributed by atoms with van der Waals surface area (Å²) < 4.78 is 0. The summed E-state index contributed by atoms with van der Waals surface area (Å²) in [4.78, 5) is 0. The molecule has 0 saturated heterocycles. The molecular formula is C26H34N2. The molecule has 0 bridgehead atoms. The number of hydrogen-bond donors (Lipinski definition) is 0. The van der Waals surface area contributed by atoms with Gasteiger partial charge in [-0.3, -0.25) is 0 Å². The van der Waals surface area contributed by atoms with Gasteiger partial charge in [0.25, 0.3) is 0 Å². The molecule has 2 heteroatoms. The van der Waals surface area contributed by atoms with Crippen molar-refractivity contribution in [2.24, 2.45) is 16.1 Å². The van der Waals surface area contributed by atoms with Crippen LogP contribution < -0.4 is 0 Å². The Labute approximate surface area is 170 Å². The first kappa shape index (κ1) is 20.5. The van der Waals surface area contributed by atoms with E-state index in [1.54, 1.807) is 0 Å². The fourth-order valence-electron chi connectivity index (χ4n) is 4.00. The van der Waals surface area contributed by atoms with E-state index in [4.69, 9.17) is 0 Å². The number of aryl methyl sites for hydroxylation is 1. The Morgan fingerprint density at radius 2 is 1.36 bits per heavy atom. The van der Waals surface area contributed by atoms with E-state index in [9.17, 15) is 0 Å². The van der Waals surface area contributed by atoms with Gasteiger partial charge in [-0.15, -0.1) is 0 Å². The third kappa shape index (κ3) is 6.44. The maximum Gasteiger partial charge on any atom is 0.0568 e. The minimum absolute atomic E-state index is 0.741. The van der Waals surface area contributed by atoms with Gasteiger partial charge in [-0.1, -0.05) is 88.1 Å². The highest BCUT2D eigenvalue weighted by Crippen LogP contribution is 2.35. The lowest BCUT2D eigenvalue weighted by molar-refractivity contribution is 0.348. The number of nitrogens with zero attached hydrogens (tertiary/aromatic N) is 2. The van der Waals surface area contributed by atoms with Crippen molar-refractivity contribution in [1.82, 2.24) is 0 Å². The van der Waals surface area contributed by atoms with Gasteiger partial charge in [0.15, 0.2) is 0 Å². The van der Waals surface area contributed by atoms with Gasteiger partial charge in [0.1, 0.15) is 0 Å². The van der Waals surface area contributed by atoms with Crippen LogP contribution in [0.4, 0.5) is 0 Å². The van der Waals surface area contributed by atoms with Crippen LogP contribution in [0.5, 0.6) is 0 Å². The van der Waals surface area contributed by atoms with E-state index in [1.807, 2.05) is 12.4 Å². The Kier molecular flexibility index (Phi) is 8.02. The Morgan fingerprint density at radius 3 is 1.93 bits per heavy atom. The first-order valence-corrected chi connectivity index (χ1v) is 11.0. The minimum atomic E-state index is 0.741. The summed E-state index contributed by atoms with van der Waals surface area (Å²) in [5.74, 6) is 1.64. The van der Waals surface area contributed by atoms with Crippen molar-refractivity contribution in [2.75, 3.05) is 0 Å². The van der Waals surface area contributed by atoms with Crippen molar-refractivity contribution in [3.05, 3.63) is 70.8 Å². The second-order valence-corrected chi connectivity index (χ2v) is 8.31. The lowest BCUT2D eigenvalue weighted by atomic mass is 9.79. The van der Waals surface area contributed by atoms with Crippen molar-refractivity contribution in [3.8, 4) is 0 Å². The van der Waals surface area contributed by atoms with E-state index in [1.165, 1.54) is 62.5 Å². The van der Waals surface area contributed by atoms with Crippen molar-refractivity contribution >= 4 is 12.4 Å². The molecule has 1 saturated carbocycles. The lowest BCUT2D eigenvalue weighted by Gasteiger charge is -2.26. The first-order valence-electron chi connectivity index (χ1n) is 11.0. The highest BCUT2D eigenvalue weighted by molar-refractivity contribution is 5.82. The van der Waals surface area contributed by atoms with Gasteiger partial charge >= 0.3 is 0 Å². The molecule has 3 rings (SSSR count). The molecule has 1 aliphatic rings. The Hall–Kier alpha value is -2.22. The summed E-state index contributed by atoms with van der Waals surface area (Å²) in [7, 11) is 0. The standard InChI is InChI=1S/C26H34N2/c1-3-4-5-6-22-9-11-23(12-10-22)19-27-28-20-24-13-17-26(18-14-24)25-15-7-21(2)8-16-25/h9-14,17-21,25H,3-8,15-16H2,1-2H3. The molecule has 0 spiro atoms. The molecule has 0 atom stereocenters. The molecule has 1 fully saturated rings. The largest absolute Gasteiger partial charge is 0.159 e. The summed E-state index contributed by atoms with van der Waals surface area (Å²) in [5, 5.41) is 8.42. The third-order valence-electron chi connectivity index (χ3n) is 5.95. The number of unbranched alkanes of at least 4 members (excludes halogenated alkanes) is 2. The quantitative estimate of drug-likeness (QED) is 0.266. The molecule has 0 amide bonds. The maximum absolute atomic E-state index is 4.22. The molecule has 148 valence electrons. The summed E-state index contributed by atoms with van der Waals surface area (Å²) in [6.45, 7) is 4.61. The molecule has 0 N–H and O–H groups in total. The summed E-state index contributed by atoms with van der Waals surface area (Å²) in [5.41, 5.74) is 5.09. The molecule has 0 aromatic heterocycles. The number of rotatable bonds is 8. The minimum Gasteiger partial charge on any atom is -0.159 e. The van der Waals surface area contributed by atoms with Crippen LogP contribution in [0, 0.1) is 5.92 Å². The second-order valence-electron chi connectivity index (χ2n) is 8.31. The van der Waals surface area contributed by atoms with Crippen LogP contribution in [0.15, 0.2) is 58.7 Å². The average molecular weight is 375 g/mol. The van der Waals surface area contributed by atoms with Gasteiger partial charge in [0.05, 0.1) is 12.4 Å². The van der Waals surface area contributed by atoms with Crippen LogP contribution in [0.2, 0.25) is 0 Å². The van der Waals surface area contributed by atoms with Crippen LogP contribution >= 0.6 is 0 Å². The van der Waals surface area contributed by atoms with Crippen LogP contribution in [-0.2, 0) is 6.42 Å². The molecule has 2 aromatic rings. The predicted molar refractivity (Wildman–Crippen MR) is 122 cm³/mol. The van der Waals surface area contributed by atoms with Gasteiger partial charge in [-0.25, -0.2) is 0 Å². The fourth-order valence-corrected chi connectivity index (χ4v) is 4.00. The van der Waals surface area contributed by atoms with Crippen molar-refractivity contribution in [1.29, 1.82) is 0 Å². The van der Waals surface area contributed by atoms with Gasteiger partial charge in [-0.05, 0) is 59.8 Å². The highest BCUT2D eigenvalue weighted by Gasteiger charge is 2.19.